The molecule has 0 atom stereocenters. The second-order valence-electron chi connectivity index (χ2n) is 3.94. The average Bonchev–Trinajstić information content (AvgIpc) is 2.51. The number of hydrogen-bond donors (Lipinski definition) is 0. The summed E-state index contributed by atoms with van der Waals surface area (Å²) in [5, 5.41) is 3.75. The van der Waals surface area contributed by atoms with Gasteiger partial charge in [-0.2, -0.15) is 4.79 Å². The van der Waals surface area contributed by atoms with E-state index in [-0.39, 0.29) is 11.2 Å². The van der Waals surface area contributed by atoms with Crippen molar-refractivity contribution >= 4 is 12.0 Å². The molecule has 0 saturated heterocycles. The number of rotatable bonds is 2. The third-order valence-electron chi connectivity index (χ3n) is 1.70. The molecule has 1 aromatic heterocycles. The summed E-state index contributed by atoms with van der Waals surface area (Å²) in [6.45, 7) is 5.87. The van der Waals surface area contributed by atoms with Crippen LogP contribution in [0.2, 0.25) is 0 Å². The van der Waals surface area contributed by atoms with Gasteiger partial charge in [0.15, 0.2) is 0 Å². The maximum absolute atomic E-state index is 11.1. The lowest BCUT2D eigenvalue weighted by molar-refractivity contribution is 0.00203. The maximum Gasteiger partial charge on any atom is 0.331 e. The molecule has 1 aromatic rings. The molecule has 0 amide bonds. The highest BCUT2D eigenvalue weighted by Crippen LogP contribution is 2.21. The van der Waals surface area contributed by atoms with E-state index in [9.17, 15) is 4.79 Å². The molecule has 5 heteroatoms. The Bertz CT molecular complexity index is 394. The first kappa shape index (κ1) is 10.3. The molecular weight excluding hydrogens is 182 g/mol. The molecule has 0 aromatic carbocycles. The molecule has 5 nitrogen and oxygen atoms in total. The Kier molecular flexibility index (Phi) is 2.63. The van der Waals surface area contributed by atoms with Crippen molar-refractivity contribution in [1.29, 1.82) is 0 Å². The molecule has 0 fully saturated rings. The molecule has 0 aliphatic heterocycles. The van der Waals surface area contributed by atoms with Crippen molar-refractivity contribution in [3.63, 3.8) is 0 Å². The summed E-state index contributed by atoms with van der Waals surface area (Å²) in [5.41, 5.74) is 8.67. The predicted molar refractivity (Wildman–Crippen MR) is 49.2 cm³/mol. The monoisotopic (exact) mass is 193 g/mol. The summed E-state index contributed by atoms with van der Waals surface area (Å²) < 4.78 is 4.80. The molecule has 0 aliphatic rings. The van der Waals surface area contributed by atoms with Crippen molar-refractivity contribution in [3.8, 4) is 0 Å². The quantitative estimate of drug-likeness (QED) is 0.308. The second-order valence-corrected chi connectivity index (χ2v) is 3.94. The second kappa shape index (κ2) is 3.55. The van der Waals surface area contributed by atoms with Gasteiger partial charge in [0.25, 0.3) is 0 Å². The van der Waals surface area contributed by atoms with Crippen LogP contribution in [0.15, 0.2) is 10.6 Å². The zero-order valence-corrected chi connectivity index (χ0v) is 8.31. The van der Waals surface area contributed by atoms with Gasteiger partial charge in [-0.3, -0.25) is 4.79 Å². The largest absolute Gasteiger partial charge is 0.361 e. The van der Waals surface area contributed by atoms with Gasteiger partial charge < -0.3 is 10.1 Å². The first-order chi connectivity index (χ1) is 6.45. The lowest BCUT2D eigenvalue weighted by Crippen LogP contribution is -2.11. The number of ketones is 1. The number of nitrogens with zero attached hydrogens (tertiary/aromatic N) is 3. The molecule has 1 heterocycles. The Hall–Kier alpha value is -1.74. The van der Waals surface area contributed by atoms with E-state index in [4.69, 9.17) is 10.1 Å². The van der Waals surface area contributed by atoms with Gasteiger partial charge in [-0.15, -0.1) is 0 Å². The van der Waals surface area contributed by atoms with Crippen LogP contribution in [0.25, 0.3) is 5.53 Å². The molecule has 0 aliphatic carbocycles. The van der Waals surface area contributed by atoms with Crippen molar-refractivity contribution in [1.82, 2.24) is 5.16 Å². The summed E-state index contributed by atoms with van der Waals surface area (Å²) >= 11 is 0. The average molecular weight is 193 g/mol. The van der Waals surface area contributed by atoms with Crippen LogP contribution in [0.1, 0.15) is 37.0 Å². The minimum atomic E-state index is -0.504. The fourth-order valence-electron chi connectivity index (χ4n) is 0.861. The van der Waals surface area contributed by atoms with Gasteiger partial charge in [-0.25, -0.2) is 0 Å². The van der Waals surface area contributed by atoms with Crippen molar-refractivity contribution in [2.24, 2.45) is 0 Å². The van der Waals surface area contributed by atoms with Gasteiger partial charge in [0.1, 0.15) is 0 Å². The molecule has 0 unspecified atom stereocenters. The topological polar surface area (TPSA) is 79.5 Å². The first-order valence-electron chi connectivity index (χ1n) is 4.14. The first-order valence-corrected chi connectivity index (χ1v) is 4.14. The molecule has 0 spiro atoms. The van der Waals surface area contributed by atoms with Crippen LogP contribution in [0.3, 0.4) is 0 Å². The number of hydrogen-bond acceptors (Lipinski definition) is 3. The molecule has 0 saturated carbocycles. The van der Waals surface area contributed by atoms with E-state index in [0.29, 0.717) is 5.69 Å². The van der Waals surface area contributed by atoms with E-state index in [2.05, 4.69) is 9.95 Å². The lowest BCUT2D eigenvalue weighted by atomic mass is 9.92. The normalized spacial score (nSPS) is 10.8. The van der Waals surface area contributed by atoms with Crippen LogP contribution < -0.4 is 0 Å². The summed E-state index contributed by atoms with van der Waals surface area (Å²) in [7, 11) is 0. The Morgan fingerprint density at radius 3 is 2.71 bits per heavy atom. The molecular formula is C9H11N3O2. The SMILES string of the molecule is CC(C)(C)c1cc(C(=O)C=[N+]=[N-])on1. The third-order valence-corrected chi connectivity index (χ3v) is 1.70. The Labute approximate surface area is 81.3 Å². The minimum absolute atomic E-state index is 0.0766. The van der Waals surface area contributed by atoms with E-state index >= 15 is 0 Å². The number of carbonyl (C=O) groups is 1. The molecule has 14 heavy (non-hydrogen) atoms. The smallest absolute Gasteiger partial charge is 0.331 e. The van der Waals surface area contributed by atoms with Crippen molar-refractivity contribution in [3.05, 3.63) is 23.1 Å². The third kappa shape index (κ3) is 2.14. The minimum Gasteiger partial charge on any atom is -0.361 e. The zero-order chi connectivity index (χ0) is 10.8. The molecule has 0 N–H and O–H groups in total. The van der Waals surface area contributed by atoms with Crippen molar-refractivity contribution in [2.45, 2.75) is 26.2 Å². The zero-order valence-electron chi connectivity index (χ0n) is 8.31. The summed E-state index contributed by atoms with van der Waals surface area (Å²) in [6.07, 6.45) is 0.771. The fourth-order valence-corrected chi connectivity index (χ4v) is 0.861. The highest BCUT2D eigenvalue weighted by Gasteiger charge is 2.22. The van der Waals surface area contributed by atoms with Gasteiger partial charge in [-0.05, 0) is 0 Å². The molecule has 0 bridgehead atoms. The Balaban J connectivity index is 3.00. The molecule has 74 valence electrons. The number of Topliss-reactive ketones (excluding diaryl/α,β-unsaturated/α-hetero) is 1. The van der Waals surface area contributed by atoms with E-state index in [1.165, 1.54) is 0 Å². The van der Waals surface area contributed by atoms with Crippen LogP contribution in [-0.2, 0) is 5.41 Å². The summed E-state index contributed by atoms with van der Waals surface area (Å²) in [6, 6.07) is 1.55. The van der Waals surface area contributed by atoms with Gasteiger partial charge in [0.05, 0.1) is 5.69 Å². The number of carbonyl (C=O) groups excluding carboxylic acids is 1. The van der Waals surface area contributed by atoms with Gasteiger partial charge in [0, 0.05) is 11.5 Å². The Morgan fingerprint density at radius 1 is 1.64 bits per heavy atom. The molecule has 0 radical (unpaired) electrons. The summed E-state index contributed by atoms with van der Waals surface area (Å²) in [4.78, 5) is 13.8. The van der Waals surface area contributed by atoms with E-state index in [0.717, 1.165) is 6.21 Å². The highest BCUT2D eigenvalue weighted by atomic mass is 16.5. The van der Waals surface area contributed by atoms with Crippen LogP contribution >= 0.6 is 0 Å². The van der Waals surface area contributed by atoms with Crippen molar-refractivity contribution in [2.75, 3.05) is 0 Å². The fraction of sp³-hybridized carbons (Fsp3) is 0.444. The van der Waals surface area contributed by atoms with Gasteiger partial charge in [-0.1, -0.05) is 25.9 Å². The van der Waals surface area contributed by atoms with Gasteiger partial charge >= 0.3 is 12.0 Å². The van der Waals surface area contributed by atoms with E-state index in [1.54, 1.807) is 6.07 Å². The lowest BCUT2D eigenvalue weighted by Gasteiger charge is -2.12. The summed E-state index contributed by atoms with van der Waals surface area (Å²) in [5.74, 6) is -0.428. The number of aromatic nitrogens is 1. The highest BCUT2D eigenvalue weighted by molar-refractivity contribution is 6.32. The van der Waals surface area contributed by atoms with Crippen molar-refractivity contribution < 1.29 is 14.1 Å². The van der Waals surface area contributed by atoms with E-state index in [1.807, 2.05) is 20.8 Å². The molecule has 1 rings (SSSR count). The maximum atomic E-state index is 11.1. The standard InChI is InChI=1S/C9H11N3O2/c1-9(2,3)8-4-7(14-12-8)6(13)5-11-10/h4-5H,1-3H3. The van der Waals surface area contributed by atoms with Crippen LogP contribution in [0.5, 0.6) is 0 Å². The van der Waals surface area contributed by atoms with Crippen LogP contribution in [0, 0.1) is 0 Å². The predicted octanol–water partition coefficient (Wildman–Crippen LogP) is 1.46. The Morgan fingerprint density at radius 2 is 2.29 bits per heavy atom. The van der Waals surface area contributed by atoms with Crippen LogP contribution in [0.4, 0.5) is 0 Å². The van der Waals surface area contributed by atoms with Crippen LogP contribution in [-0.4, -0.2) is 21.9 Å². The van der Waals surface area contributed by atoms with E-state index < -0.39 is 5.78 Å². The van der Waals surface area contributed by atoms with Gasteiger partial charge in [0.2, 0.25) is 5.76 Å².